The fraction of sp³-hybridized carbons (Fsp3) is 0. The number of aromatic nitrogens is 3. The first kappa shape index (κ1) is 40.9. The van der Waals surface area contributed by atoms with Crippen molar-refractivity contribution in [2.24, 2.45) is 25.4 Å². The third-order valence-electron chi connectivity index (χ3n) is 8.35. The molecule has 300 valence electrons. The topological polar surface area (TPSA) is 307 Å². The molecule has 0 radical (unpaired) electrons. The third-order valence-corrected chi connectivity index (χ3v) is 11.3. The number of halogens is 2. The molecule has 0 amide bonds. The zero-order valence-corrected chi connectivity index (χ0v) is 33.0. The average Bonchev–Trinajstić information content (AvgIpc) is 3.16. The SMILES string of the molecule is O=S(=O)(O)c1cc(N=c2nc(Cl)nc(Cl)[nH]2)c2c(O)c(N=Nc3ccc(-c4ccc(N=Nc5c(S(=O)(=O)O)cc6ccccc6c5O)cc4)cc3)c(S(=O)(=O)O)cc2c1. The van der Waals surface area contributed by atoms with Crippen LogP contribution < -0.4 is 5.62 Å². The molecule has 7 rings (SSSR count). The molecule has 0 spiro atoms. The van der Waals surface area contributed by atoms with E-state index in [1.165, 1.54) is 18.2 Å². The predicted molar refractivity (Wildman–Crippen MR) is 213 cm³/mol. The van der Waals surface area contributed by atoms with Gasteiger partial charge in [-0.25, -0.2) is 4.99 Å². The summed E-state index contributed by atoms with van der Waals surface area (Å²) < 4.78 is 103. The summed E-state index contributed by atoms with van der Waals surface area (Å²) in [5, 5.41) is 37.5. The second-order valence-corrected chi connectivity index (χ2v) is 17.1. The Balaban J connectivity index is 1.21. The van der Waals surface area contributed by atoms with Gasteiger partial charge >= 0.3 is 0 Å². The molecule has 1 heterocycles. The zero-order chi connectivity index (χ0) is 42.4. The highest BCUT2D eigenvalue weighted by Crippen LogP contribution is 2.46. The van der Waals surface area contributed by atoms with Crippen LogP contribution >= 0.6 is 23.2 Å². The van der Waals surface area contributed by atoms with Crippen LogP contribution in [-0.4, -0.2) is 64.1 Å². The molecule has 0 saturated heterocycles. The number of azo groups is 2. The van der Waals surface area contributed by atoms with Crippen molar-refractivity contribution >= 4 is 104 Å². The number of fused-ring (bicyclic) bond motifs is 2. The first-order valence-corrected chi connectivity index (χ1v) is 21.2. The molecule has 6 N–H and O–H groups in total. The summed E-state index contributed by atoms with van der Waals surface area (Å²) >= 11 is 11.7. The molecule has 0 aliphatic heterocycles. The molecule has 1 aromatic heterocycles. The number of hydrogen-bond acceptors (Lipinski definition) is 15. The van der Waals surface area contributed by atoms with Crippen molar-refractivity contribution in [3.63, 3.8) is 0 Å². The van der Waals surface area contributed by atoms with Crippen LogP contribution in [0.3, 0.4) is 0 Å². The number of aromatic amines is 1. The molecule has 0 aliphatic rings. The molecular weight excluding hydrogens is 876 g/mol. The number of rotatable bonds is 9. The summed E-state index contributed by atoms with van der Waals surface area (Å²) in [6.45, 7) is 0. The lowest BCUT2D eigenvalue weighted by Gasteiger charge is -2.12. The van der Waals surface area contributed by atoms with Gasteiger partial charge in [0.15, 0.2) is 11.5 Å². The van der Waals surface area contributed by atoms with Gasteiger partial charge in [0.2, 0.25) is 16.2 Å². The molecule has 7 aromatic rings. The Bertz CT molecular complexity index is 3330. The fourth-order valence-corrected chi connectivity index (χ4v) is 7.94. The molecule has 6 aromatic carbocycles. The minimum absolute atomic E-state index is 0.149. The molecular formula is C35H22Cl2N8O11S3. The van der Waals surface area contributed by atoms with Crippen LogP contribution in [0.15, 0.2) is 137 Å². The highest BCUT2D eigenvalue weighted by molar-refractivity contribution is 7.86. The molecule has 0 atom stereocenters. The molecule has 19 nitrogen and oxygen atoms in total. The van der Waals surface area contributed by atoms with Crippen molar-refractivity contribution in [3.8, 4) is 22.6 Å². The quantitative estimate of drug-likeness (QED) is 0.0587. The van der Waals surface area contributed by atoms with E-state index in [4.69, 9.17) is 23.2 Å². The minimum Gasteiger partial charge on any atom is -0.505 e. The van der Waals surface area contributed by atoms with E-state index in [0.717, 1.165) is 18.2 Å². The van der Waals surface area contributed by atoms with E-state index in [0.29, 0.717) is 21.9 Å². The lowest BCUT2D eigenvalue weighted by Crippen LogP contribution is -2.13. The van der Waals surface area contributed by atoms with E-state index in [1.54, 1.807) is 60.7 Å². The maximum Gasteiger partial charge on any atom is 0.296 e. The highest BCUT2D eigenvalue weighted by atomic mass is 35.5. The van der Waals surface area contributed by atoms with Gasteiger partial charge in [0.25, 0.3) is 30.4 Å². The second kappa shape index (κ2) is 15.5. The molecule has 0 saturated carbocycles. The molecule has 0 unspecified atom stereocenters. The van der Waals surface area contributed by atoms with Gasteiger partial charge in [0, 0.05) is 5.39 Å². The second-order valence-electron chi connectivity index (χ2n) is 12.2. The fourth-order valence-electron chi connectivity index (χ4n) is 5.72. The Morgan fingerprint density at radius 2 is 1.10 bits per heavy atom. The molecule has 0 fully saturated rings. The van der Waals surface area contributed by atoms with Crippen molar-refractivity contribution in [2.75, 3.05) is 0 Å². The smallest absolute Gasteiger partial charge is 0.296 e. The average molecular weight is 898 g/mol. The van der Waals surface area contributed by atoms with Gasteiger partial charge in [-0.3, -0.25) is 18.6 Å². The van der Waals surface area contributed by atoms with Crippen LogP contribution in [0, 0.1) is 0 Å². The molecule has 59 heavy (non-hydrogen) atoms. The van der Waals surface area contributed by atoms with Crippen LogP contribution in [0.1, 0.15) is 0 Å². The minimum atomic E-state index is -5.15. The molecule has 0 aliphatic carbocycles. The highest BCUT2D eigenvalue weighted by Gasteiger charge is 2.26. The number of nitrogens with zero attached hydrogens (tertiary/aromatic N) is 7. The lowest BCUT2D eigenvalue weighted by molar-refractivity contribution is 0.471. The predicted octanol–water partition coefficient (Wildman–Crippen LogP) is 8.30. The third kappa shape index (κ3) is 8.79. The van der Waals surface area contributed by atoms with Gasteiger partial charge in [0.05, 0.1) is 27.3 Å². The van der Waals surface area contributed by atoms with E-state index in [1.807, 2.05) is 0 Å². The van der Waals surface area contributed by atoms with Crippen molar-refractivity contribution < 1.29 is 49.1 Å². The van der Waals surface area contributed by atoms with Gasteiger partial charge in [0.1, 0.15) is 21.2 Å². The normalized spacial score (nSPS) is 13.0. The van der Waals surface area contributed by atoms with E-state index in [9.17, 15) is 49.1 Å². The van der Waals surface area contributed by atoms with Crippen molar-refractivity contribution in [1.82, 2.24) is 15.0 Å². The first-order valence-electron chi connectivity index (χ1n) is 16.2. The van der Waals surface area contributed by atoms with Crippen LogP contribution in [0.2, 0.25) is 10.6 Å². The first-order chi connectivity index (χ1) is 27.8. The number of nitrogens with one attached hydrogen (secondary N) is 1. The van der Waals surface area contributed by atoms with Crippen molar-refractivity contribution in [2.45, 2.75) is 14.7 Å². The maximum atomic E-state index is 12.5. The van der Waals surface area contributed by atoms with Crippen LogP contribution in [0.4, 0.5) is 28.4 Å². The van der Waals surface area contributed by atoms with Gasteiger partial charge in [-0.05, 0) is 93.6 Å². The van der Waals surface area contributed by atoms with Gasteiger partial charge in [-0.2, -0.15) is 45.4 Å². The van der Waals surface area contributed by atoms with Crippen molar-refractivity contribution in [3.05, 3.63) is 113 Å². The standard InChI is InChI=1S/C35H22Cl2N8O11S3/c36-33-39-34(37)41-35(40-33)38-25-16-23(57(48,49)50)13-20-15-27(59(54,55)56)30(32(47)28(20)25)45-43-22-11-7-18(8-12-22)17-5-9-21(10-6-17)42-44-29-26(58(51,52)53)14-19-3-1-2-4-24(19)31(29)46/h1-16,46-47H,(H,48,49,50)(H,51,52,53)(H,54,55,56)(H,38,39,40,41). The summed E-state index contributed by atoms with van der Waals surface area (Å²) in [5.41, 5.74) is -0.179. The Morgan fingerprint density at radius 3 is 1.63 bits per heavy atom. The Kier molecular flexibility index (Phi) is 10.8. The monoisotopic (exact) mass is 896 g/mol. The summed E-state index contributed by atoms with van der Waals surface area (Å²) in [6.07, 6.45) is 0. The van der Waals surface area contributed by atoms with Crippen LogP contribution in [-0.2, 0) is 30.4 Å². The van der Waals surface area contributed by atoms with E-state index < -0.39 is 67.9 Å². The Morgan fingerprint density at radius 1 is 0.576 bits per heavy atom. The zero-order valence-electron chi connectivity index (χ0n) is 29.0. The number of H-pyrrole nitrogens is 1. The summed E-state index contributed by atoms with van der Waals surface area (Å²) in [6, 6.07) is 22.7. The van der Waals surface area contributed by atoms with Gasteiger partial charge in [-0.15, -0.1) is 10.2 Å². The summed E-state index contributed by atoms with van der Waals surface area (Å²) in [7, 11) is -14.9. The summed E-state index contributed by atoms with van der Waals surface area (Å²) in [4.78, 5) is 11.7. The van der Waals surface area contributed by atoms with E-state index >= 15 is 0 Å². The molecule has 0 bridgehead atoms. The number of aromatic hydroxyl groups is 2. The number of benzene rings is 6. The van der Waals surface area contributed by atoms with E-state index in [-0.39, 0.29) is 44.0 Å². The van der Waals surface area contributed by atoms with Crippen molar-refractivity contribution in [1.29, 1.82) is 0 Å². The maximum absolute atomic E-state index is 12.5. The number of hydrogen-bond donors (Lipinski definition) is 6. The largest absolute Gasteiger partial charge is 0.505 e. The van der Waals surface area contributed by atoms with Crippen LogP contribution in [0.25, 0.3) is 32.7 Å². The van der Waals surface area contributed by atoms with Gasteiger partial charge < -0.3 is 10.2 Å². The van der Waals surface area contributed by atoms with Gasteiger partial charge in [-0.1, -0.05) is 48.5 Å². The van der Waals surface area contributed by atoms with E-state index in [2.05, 4.69) is 40.4 Å². The molecule has 24 heteroatoms. The van der Waals surface area contributed by atoms with Crippen LogP contribution in [0.5, 0.6) is 11.5 Å². The lowest BCUT2D eigenvalue weighted by atomic mass is 10.1. The Labute approximate surface area is 342 Å². The number of phenols is 2. The number of phenolic OH excluding ortho intramolecular Hbond substituents is 2. The summed E-state index contributed by atoms with van der Waals surface area (Å²) in [5.74, 6) is -1.40. The Hall–Kier alpha value is -6.24.